The Hall–Kier alpha value is -4.17. The second-order valence-corrected chi connectivity index (χ2v) is 7.97. The summed E-state index contributed by atoms with van der Waals surface area (Å²) in [5.74, 6) is -1.93. The van der Waals surface area contributed by atoms with Crippen LogP contribution in [0.4, 0.5) is 10.5 Å². The first-order valence-electron chi connectivity index (χ1n) is 10.8. The van der Waals surface area contributed by atoms with Crippen molar-refractivity contribution in [3.05, 3.63) is 89.5 Å². The molecule has 0 heterocycles. The summed E-state index contributed by atoms with van der Waals surface area (Å²) in [5, 5.41) is 22.9. The third-order valence-corrected chi connectivity index (χ3v) is 5.70. The lowest BCUT2D eigenvalue weighted by Crippen LogP contribution is -2.43. The highest BCUT2D eigenvalue weighted by atomic mass is 16.5. The van der Waals surface area contributed by atoms with Crippen LogP contribution in [0, 0.1) is 0 Å². The Bertz CT molecular complexity index is 1180. The fraction of sp³-hybridized carbons (Fsp3) is 0.192. The maximum absolute atomic E-state index is 12.5. The Kier molecular flexibility index (Phi) is 6.89. The number of carbonyl (C=O) groups is 3. The van der Waals surface area contributed by atoms with Crippen LogP contribution in [0.2, 0.25) is 0 Å². The molecule has 0 aromatic heterocycles. The van der Waals surface area contributed by atoms with Gasteiger partial charge in [0.15, 0.2) is 0 Å². The van der Waals surface area contributed by atoms with Crippen LogP contribution in [0.3, 0.4) is 0 Å². The highest BCUT2D eigenvalue weighted by Crippen LogP contribution is 2.44. The van der Waals surface area contributed by atoms with Crippen LogP contribution in [0.5, 0.6) is 0 Å². The minimum absolute atomic E-state index is 0.0538. The van der Waals surface area contributed by atoms with Crippen LogP contribution in [-0.2, 0) is 20.7 Å². The molecule has 1 aliphatic rings. The monoisotopic (exact) mass is 460 g/mol. The molecule has 8 heteroatoms. The van der Waals surface area contributed by atoms with Crippen molar-refractivity contribution in [2.24, 2.45) is 0 Å². The Balaban J connectivity index is 1.36. The number of carbonyl (C=O) groups excluding carboxylic acids is 2. The average molecular weight is 460 g/mol. The number of carboxylic acid groups (broad SMARTS) is 1. The molecule has 0 saturated heterocycles. The van der Waals surface area contributed by atoms with Gasteiger partial charge in [-0.2, -0.15) is 0 Å². The standard InChI is InChI=1S/C26H24N2O6/c29-14-23(25(31)32)28-24(30)13-16-6-5-7-17(12-16)27-26(33)34-15-22-20-10-3-1-8-18(20)19-9-2-4-11-21(19)22/h1-12,22-23,29H,13-15H2,(H,27,33)(H,28,30)(H,31,32). The van der Waals surface area contributed by atoms with Gasteiger partial charge in [-0.05, 0) is 39.9 Å². The largest absolute Gasteiger partial charge is 0.480 e. The van der Waals surface area contributed by atoms with Gasteiger partial charge in [0, 0.05) is 11.6 Å². The zero-order chi connectivity index (χ0) is 24.1. The fourth-order valence-electron chi connectivity index (χ4n) is 4.13. The van der Waals surface area contributed by atoms with E-state index in [4.69, 9.17) is 14.9 Å². The van der Waals surface area contributed by atoms with Crippen LogP contribution in [0.1, 0.15) is 22.6 Å². The number of benzene rings is 3. The summed E-state index contributed by atoms with van der Waals surface area (Å²) in [5.41, 5.74) is 5.53. The third kappa shape index (κ3) is 5.07. The van der Waals surface area contributed by atoms with Crippen molar-refractivity contribution in [3.63, 3.8) is 0 Å². The summed E-state index contributed by atoms with van der Waals surface area (Å²) >= 11 is 0. The van der Waals surface area contributed by atoms with Gasteiger partial charge in [0.25, 0.3) is 0 Å². The highest BCUT2D eigenvalue weighted by molar-refractivity contribution is 5.87. The summed E-state index contributed by atoms with van der Waals surface area (Å²) in [6.45, 7) is -0.524. The van der Waals surface area contributed by atoms with E-state index in [1.54, 1.807) is 24.3 Å². The first-order valence-corrected chi connectivity index (χ1v) is 10.8. The Labute approximate surface area is 196 Å². The van der Waals surface area contributed by atoms with E-state index < -0.39 is 30.6 Å². The summed E-state index contributed by atoms with van der Waals surface area (Å²) in [7, 11) is 0. The summed E-state index contributed by atoms with van der Waals surface area (Å²) in [6, 6.07) is 21.4. The van der Waals surface area contributed by atoms with Crippen molar-refractivity contribution in [1.29, 1.82) is 0 Å². The first kappa shape index (κ1) is 23.0. The van der Waals surface area contributed by atoms with Gasteiger partial charge in [0.2, 0.25) is 5.91 Å². The first-order chi connectivity index (χ1) is 16.5. The maximum Gasteiger partial charge on any atom is 0.411 e. The molecule has 174 valence electrons. The maximum atomic E-state index is 12.5. The number of rotatable bonds is 8. The highest BCUT2D eigenvalue weighted by Gasteiger charge is 2.29. The van der Waals surface area contributed by atoms with E-state index >= 15 is 0 Å². The zero-order valence-electron chi connectivity index (χ0n) is 18.2. The van der Waals surface area contributed by atoms with Crippen molar-refractivity contribution in [1.82, 2.24) is 5.32 Å². The SMILES string of the molecule is O=C(Cc1cccc(NC(=O)OCC2c3ccccc3-c3ccccc32)c1)NC(CO)C(=O)O. The lowest BCUT2D eigenvalue weighted by atomic mass is 9.98. The lowest BCUT2D eigenvalue weighted by Gasteiger charge is -2.15. The number of nitrogens with one attached hydrogen (secondary N) is 2. The molecular formula is C26H24N2O6. The average Bonchev–Trinajstić information content (AvgIpc) is 3.15. The van der Waals surface area contributed by atoms with Gasteiger partial charge in [-0.25, -0.2) is 9.59 Å². The molecule has 0 radical (unpaired) electrons. The lowest BCUT2D eigenvalue weighted by molar-refractivity contribution is -0.142. The van der Waals surface area contributed by atoms with Gasteiger partial charge >= 0.3 is 12.1 Å². The van der Waals surface area contributed by atoms with Crippen LogP contribution in [0.15, 0.2) is 72.8 Å². The molecule has 4 rings (SSSR count). The molecule has 1 atom stereocenters. The summed E-state index contributed by atoms with van der Waals surface area (Å²) < 4.78 is 5.54. The van der Waals surface area contributed by atoms with E-state index in [0.29, 0.717) is 11.3 Å². The van der Waals surface area contributed by atoms with E-state index in [1.165, 1.54) is 0 Å². The molecule has 1 unspecified atom stereocenters. The van der Waals surface area contributed by atoms with E-state index in [2.05, 4.69) is 22.8 Å². The predicted octanol–water partition coefficient (Wildman–Crippen LogP) is 3.15. The molecule has 8 nitrogen and oxygen atoms in total. The predicted molar refractivity (Wildman–Crippen MR) is 125 cm³/mol. The molecular weight excluding hydrogens is 436 g/mol. The van der Waals surface area contributed by atoms with E-state index in [1.807, 2.05) is 36.4 Å². The number of fused-ring (bicyclic) bond motifs is 3. The zero-order valence-corrected chi connectivity index (χ0v) is 18.2. The van der Waals surface area contributed by atoms with Crippen LogP contribution in [-0.4, -0.2) is 47.4 Å². The second kappa shape index (κ2) is 10.2. The second-order valence-electron chi connectivity index (χ2n) is 7.97. The Morgan fingerprint density at radius 1 is 0.912 bits per heavy atom. The molecule has 0 fully saturated rings. The van der Waals surface area contributed by atoms with Crippen LogP contribution in [0.25, 0.3) is 11.1 Å². The molecule has 3 aromatic rings. The van der Waals surface area contributed by atoms with Crippen molar-refractivity contribution >= 4 is 23.7 Å². The molecule has 0 aliphatic heterocycles. The van der Waals surface area contributed by atoms with E-state index in [-0.39, 0.29) is 18.9 Å². The van der Waals surface area contributed by atoms with Crippen molar-refractivity contribution in [2.45, 2.75) is 18.4 Å². The van der Waals surface area contributed by atoms with Crippen molar-refractivity contribution in [2.75, 3.05) is 18.5 Å². The van der Waals surface area contributed by atoms with E-state index in [9.17, 15) is 14.4 Å². The molecule has 3 aromatic carbocycles. The normalized spacial score (nSPS) is 12.9. The smallest absolute Gasteiger partial charge is 0.411 e. The molecule has 0 saturated carbocycles. The quantitative estimate of drug-likeness (QED) is 0.409. The number of hydrogen-bond acceptors (Lipinski definition) is 5. The molecule has 1 aliphatic carbocycles. The minimum Gasteiger partial charge on any atom is -0.480 e. The number of ether oxygens (including phenoxy) is 1. The number of amides is 2. The van der Waals surface area contributed by atoms with Crippen molar-refractivity contribution < 1.29 is 29.3 Å². The van der Waals surface area contributed by atoms with Gasteiger partial charge in [-0.15, -0.1) is 0 Å². The van der Waals surface area contributed by atoms with Crippen LogP contribution >= 0.6 is 0 Å². The molecule has 0 bridgehead atoms. The number of anilines is 1. The topological polar surface area (TPSA) is 125 Å². The number of aliphatic hydroxyl groups excluding tert-OH is 1. The van der Waals surface area contributed by atoms with Gasteiger partial charge in [-0.1, -0.05) is 60.7 Å². The molecule has 0 spiro atoms. The van der Waals surface area contributed by atoms with Crippen molar-refractivity contribution in [3.8, 4) is 11.1 Å². The Morgan fingerprint density at radius 3 is 2.18 bits per heavy atom. The fourth-order valence-corrected chi connectivity index (χ4v) is 4.13. The van der Waals surface area contributed by atoms with Gasteiger partial charge in [-0.3, -0.25) is 10.1 Å². The molecule has 4 N–H and O–H groups in total. The number of hydrogen-bond donors (Lipinski definition) is 4. The van der Waals surface area contributed by atoms with Gasteiger partial charge < -0.3 is 20.3 Å². The van der Waals surface area contributed by atoms with Gasteiger partial charge in [0.05, 0.1) is 13.0 Å². The number of aliphatic hydroxyl groups is 1. The van der Waals surface area contributed by atoms with Crippen LogP contribution < -0.4 is 10.6 Å². The molecule has 34 heavy (non-hydrogen) atoms. The number of aliphatic carboxylic acids is 1. The Morgan fingerprint density at radius 2 is 1.56 bits per heavy atom. The van der Waals surface area contributed by atoms with Gasteiger partial charge in [0.1, 0.15) is 12.6 Å². The summed E-state index contributed by atoms with van der Waals surface area (Å²) in [6.07, 6.45) is -0.723. The van der Waals surface area contributed by atoms with E-state index in [0.717, 1.165) is 22.3 Å². The third-order valence-electron chi connectivity index (χ3n) is 5.70. The summed E-state index contributed by atoms with van der Waals surface area (Å²) in [4.78, 5) is 35.5. The minimum atomic E-state index is -1.37. The number of carboxylic acids is 1. The molecule has 2 amide bonds.